The summed E-state index contributed by atoms with van der Waals surface area (Å²) in [7, 11) is 1.63. The van der Waals surface area contributed by atoms with E-state index < -0.39 is 0 Å². The third-order valence-electron chi connectivity index (χ3n) is 5.84. The molecule has 0 saturated heterocycles. The molecule has 1 aliphatic carbocycles. The van der Waals surface area contributed by atoms with Gasteiger partial charge in [-0.25, -0.2) is 9.03 Å². The average molecular weight is 422 g/mol. The van der Waals surface area contributed by atoms with Crippen molar-refractivity contribution in [2.75, 3.05) is 25.6 Å². The Bertz CT molecular complexity index is 1180. The second-order valence-electron chi connectivity index (χ2n) is 7.80. The summed E-state index contributed by atoms with van der Waals surface area (Å²) in [6.45, 7) is 0.477. The fourth-order valence-corrected chi connectivity index (χ4v) is 4.29. The number of nitrogens with zero attached hydrogens (tertiary/aromatic N) is 5. The van der Waals surface area contributed by atoms with Crippen molar-refractivity contribution in [3.05, 3.63) is 42.9 Å². The first-order valence-electron chi connectivity index (χ1n) is 10.6. The van der Waals surface area contributed by atoms with Gasteiger partial charge in [0, 0.05) is 30.2 Å². The van der Waals surface area contributed by atoms with Crippen LogP contribution in [0.25, 0.3) is 22.2 Å². The molecule has 162 valence electrons. The molecule has 0 spiro atoms. The maximum absolute atomic E-state index is 8.92. The first-order valence-corrected chi connectivity index (χ1v) is 10.6. The number of fused-ring (bicyclic) bond motifs is 2. The number of aromatic nitrogens is 5. The Kier molecular flexibility index (Phi) is 5.44. The maximum atomic E-state index is 8.92. The maximum Gasteiger partial charge on any atom is 0.244 e. The number of hydrogen-bond acceptors (Lipinski definition) is 7. The summed E-state index contributed by atoms with van der Waals surface area (Å²) in [4.78, 5) is 4.65. The van der Waals surface area contributed by atoms with Gasteiger partial charge < -0.3 is 19.9 Å². The fraction of sp³-hybridized carbons (Fsp3) is 0.409. The summed E-state index contributed by atoms with van der Waals surface area (Å²) >= 11 is 0. The van der Waals surface area contributed by atoms with Crippen LogP contribution in [0.1, 0.15) is 25.7 Å². The molecule has 0 amide bonds. The lowest BCUT2D eigenvalue weighted by Crippen LogP contribution is -2.31. The van der Waals surface area contributed by atoms with Gasteiger partial charge in [-0.15, -0.1) is 5.10 Å². The van der Waals surface area contributed by atoms with E-state index in [9.17, 15) is 0 Å². The molecule has 0 bridgehead atoms. The number of methoxy groups -OCH3 is 1. The molecule has 0 radical (unpaired) electrons. The van der Waals surface area contributed by atoms with Crippen LogP contribution in [0.2, 0.25) is 0 Å². The molecule has 0 unspecified atom stereocenters. The van der Waals surface area contributed by atoms with Crippen LogP contribution < -0.4 is 10.1 Å². The van der Waals surface area contributed by atoms with Crippen molar-refractivity contribution >= 4 is 17.0 Å². The van der Waals surface area contributed by atoms with Crippen molar-refractivity contribution < 1.29 is 14.6 Å². The van der Waals surface area contributed by atoms with Gasteiger partial charge in [0.15, 0.2) is 0 Å². The predicted molar refractivity (Wildman–Crippen MR) is 116 cm³/mol. The van der Waals surface area contributed by atoms with Gasteiger partial charge in [-0.05, 0) is 55.5 Å². The zero-order valence-electron chi connectivity index (χ0n) is 17.4. The molecule has 0 atom stereocenters. The Hall–Kier alpha value is -3.17. The number of nitrogens with one attached hydrogen (secondary N) is 1. The van der Waals surface area contributed by atoms with Crippen LogP contribution >= 0.6 is 0 Å². The lowest BCUT2D eigenvalue weighted by Gasteiger charge is -2.29. The van der Waals surface area contributed by atoms with E-state index in [1.54, 1.807) is 13.3 Å². The zero-order chi connectivity index (χ0) is 21.2. The van der Waals surface area contributed by atoms with E-state index in [1.165, 1.54) is 0 Å². The van der Waals surface area contributed by atoms with Crippen molar-refractivity contribution in [1.82, 2.24) is 24.2 Å². The van der Waals surface area contributed by atoms with Crippen molar-refractivity contribution in [3.8, 4) is 17.0 Å². The van der Waals surface area contributed by atoms with Crippen LogP contribution in [0.4, 0.5) is 5.95 Å². The minimum absolute atomic E-state index is 0.0704. The first kappa shape index (κ1) is 19.8. The molecule has 1 saturated carbocycles. The monoisotopic (exact) mass is 422 g/mol. The smallest absolute Gasteiger partial charge is 0.244 e. The van der Waals surface area contributed by atoms with Crippen molar-refractivity contribution in [3.63, 3.8) is 0 Å². The summed E-state index contributed by atoms with van der Waals surface area (Å²) < 4.78 is 14.9. The minimum atomic E-state index is 0.0704. The second-order valence-corrected chi connectivity index (χ2v) is 7.80. The Labute approximate surface area is 179 Å². The van der Waals surface area contributed by atoms with Crippen LogP contribution in [0.3, 0.4) is 0 Å². The Morgan fingerprint density at radius 1 is 1.13 bits per heavy atom. The molecule has 9 heteroatoms. The van der Waals surface area contributed by atoms with Gasteiger partial charge in [0.1, 0.15) is 5.52 Å². The third-order valence-corrected chi connectivity index (χ3v) is 5.84. The lowest BCUT2D eigenvalue weighted by atomic mass is 9.93. The molecule has 5 rings (SSSR count). The average Bonchev–Trinajstić information content (AvgIpc) is 3.44. The topological polar surface area (TPSA) is 98.2 Å². The van der Waals surface area contributed by atoms with Gasteiger partial charge in [-0.2, -0.15) is 10.1 Å². The molecule has 0 aliphatic heterocycles. The molecule has 4 aromatic heterocycles. The van der Waals surface area contributed by atoms with Gasteiger partial charge in [0.2, 0.25) is 11.8 Å². The van der Waals surface area contributed by atoms with Crippen LogP contribution in [0, 0.1) is 0 Å². The molecule has 9 nitrogen and oxygen atoms in total. The highest BCUT2D eigenvalue weighted by Gasteiger charge is 2.23. The number of ether oxygens (including phenoxy) is 2. The number of aliphatic hydroxyl groups excluding tert-OH is 1. The molecule has 31 heavy (non-hydrogen) atoms. The van der Waals surface area contributed by atoms with Crippen molar-refractivity contribution in [1.29, 1.82) is 0 Å². The van der Waals surface area contributed by atoms with Crippen molar-refractivity contribution in [2.24, 2.45) is 0 Å². The van der Waals surface area contributed by atoms with E-state index in [2.05, 4.69) is 26.6 Å². The van der Waals surface area contributed by atoms with Gasteiger partial charge in [-0.1, -0.05) is 0 Å². The molecule has 2 N–H and O–H groups in total. The van der Waals surface area contributed by atoms with E-state index in [0.29, 0.717) is 18.4 Å². The van der Waals surface area contributed by atoms with E-state index in [-0.39, 0.29) is 18.8 Å². The predicted octanol–water partition coefficient (Wildman–Crippen LogP) is 2.78. The summed E-state index contributed by atoms with van der Waals surface area (Å²) in [5, 5.41) is 21.3. The molecule has 1 fully saturated rings. The molecular formula is C22H26N6O3. The van der Waals surface area contributed by atoms with Crippen LogP contribution in [0.15, 0.2) is 42.9 Å². The SMILES string of the molecule is COc1nc(N[C@H]2CC[C@@H](OCCO)CC2)nn2ccc(-c3ccn4nccc4c3)c12. The summed E-state index contributed by atoms with van der Waals surface area (Å²) in [5.74, 6) is 1.09. The molecule has 4 aromatic rings. The van der Waals surface area contributed by atoms with Gasteiger partial charge >= 0.3 is 0 Å². The van der Waals surface area contributed by atoms with Crippen LogP contribution in [0.5, 0.6) is 5.88 Å². The second kappa shape index (κ2) is 8.52. The first-order chi connectivity index (χ1) is 15.2. The zero-order valence-corrected chi connectivity index (χ0v) is 17.4. The lowest BCUT2D eigenvalue weighted by molar-refractivity contribution is 0.00718. The number of hydrogen-bond donors (Lipinski definition) is 2. The molecule has 4 heterocycles. The van der Waals surface area contributed by atoms with E-state index in [4.69, 9.17) is 14.6 Å². The van der Waals surface area contributed by atoms with Gasteiger partial charge in [0.05, 0.1) is 31.9 Å². The molecule has 0 aromatic carbocycles. The van der Waals surface area contributed by atoms with E-state index >= 15 is 0 Å². The standard InChI is InChI=1S/C22H26N6O3/c1-30-21-20-19(15-7-10-27-17(14-15)6-9-23-27)8-11-28(20)26-22(25-21)24-16-2-4-18(5-3-16)31-13-12-29/h6-11,14,16,18,29H,2-5,12-13H2,1H3,(H,24,26)/t16-,18+. The fourth-order valence-electron chi connectivity index (χ4n) is 4.29. The quantitative estimate of drug-likeness (QED) is 0.473. The Balaban J connectivity index is 1.38. The Morgan fingerprint density at radius 2 is 1.97 bits per heavy atom. The normalized spacial score (nSPS) is 19.2. The third kappa shape index (κ3) is 3.94. The van der Waals surface area contributed by atoms with Crippen molar-refractivity contribution in [2.45, 2.75) is 37.8 Å². The van der Waals surface area contributed by atoms with Gasteiger partial charge in [-0.3, -0.25) is 0 Å². The largest absolute Gasteiger partial charge is 0.479 e. The number of pyridine rings is 1. The molecular weight excluding hydrogens is 396 g/mol. The van der Waals surface area contributed by atoms with Crippen LogP contribution in [-0.4, -0.2) is 61.8 Å². The summed E-state index contributed by atoms with van der Waals surface area (Å²) in [5.41, 5.74) is 3.92. The highest BCUT2D eigenvalue weighted by Crippen LogP contribution is 2.32. The van der Waals surface area contributed by atoms with Gasteiger partial charge in [0.25, 0.3) is 0 Å². The van der Waals surface area contributed by atoms with E-state index in [1.807, 2.05) is 39.6 Å². The number of anilines is 1. The molecule has 1 aliphatic rings. The highest BCUT2D eigenvalue weighted by molar-refractivity contribution is 5.85. The van der Waals surface area contributed by atoms with E-state index in [0.717, 1.165) is 47.8 Å². The number of rotatable bonds is 7. The van der Waals surface area contributed by atoms with Crippen LogP contribution in [-0.2, 0) is 4.74 Å². The Morgan fingerprint density at radius 3 is 2.77 bits per heavy atom. The highest BCUT2D eigenvalue weighted by atomic mass is 16.5. The minimum Gasteiger partial charge on any atom is -0.479 e. The summed E-state index contributed by atoms with van der Waals surface area (Å²) in [6, 6.07) is 8.41. The summed E-state index contributed by atoms with van der Waals surface area (Å²) in [6.07, 6.45) is 9.75. The number of aliphatic hydroxyl groups is 1.